The number of hydrogen-bond acceptors (Lipinski definition) is 4. The van der Waals surface area contributed by atoms with E-state index in [1.54, 1.807) is 42.6 Å². The molecule has 3 heterocycles. The number of pyridine rings is 1. The average molecular weight is 312 g/mol. The molecule has 0 aliphatic heterocycles. The molecule has 0 aliphatic carbocycles. The summed E-state index contributed by atoms with van der Waals surface area (Å²) in [5.41, 5.74) is 1.91. The fourth-order valence-electron chi connectivity index (χ4n) is 2.56. The lowest BCUT2D eigenvalue weighted by atomic mass is 10.3. The monoisotopic (exact) mass is 312 g/mol. The summed E-state index contributed by atoms with van der Waals surface area (Å²) >= 11 is 0. The van der Waals surface area contributed by atoms with Crippen LogP contribution >= 0.6 is 0 Å². The molecule has 0 saturated carbocycles. The molecule has 0 bridgehead atoms. The molecule has 110 valence electrons. The molecular formula is C15H12N4O2S. The number of hydrogen-bond donors (Lipinski definition) is 1. The van der Waals surface area contributed by atoms with Crippen molar-refractivity contribution in [3.63, 3.8) is 0 Å². The fraction of sp³-hybridized carbons (Fsp3) is 0.0667. The van der Waals surface area contributed by atoms with Crippen LogP contribution in [-0.4, -0.2) is 27.3 Å². The standard InChI is InChI=1S/C15H12N4O2S/c1-10-17-13-9-16-15-12(14(13)18-10)7-8-19(15)22(20,21)11-5-3-2-4-6-11/h2-9H,1H3,(H,17,18). The SMILES string of the molecule is Cc1nc2cnc3c(ccn3S(=O)(=O)c3ccccc3)c2[nH]1. The Balaban J connectivity index is 2.02. The molecule has 1 N–H and O–H groups in total. The summed E-state index contributed by atoms with van der Waals surface area (Å²) < 4.78 is 26.7. The topological polar surface area (TPSA) is 80.6 Å². The zero-order valence-corrected chi connectivity index (χ0v) is 12.5. The van der Waals surface area contributed by atoms with E-state index in [4.69, 9.17) is 0 Å². The Morgan fingerprint density at radius 3 is 2.68 bits per heavy atom. The summed E-state index contributed by atoms with van der Waals surface area (Å²) in [6, 6.07) is 10.1. The molecule has 0 amide bonds. The van der Waals surface area contributed by atoms with Gasteiger partial charge in [0.1, 0.15) is 11.3 Å². The van der Waals surface area contributed by atoms with E-state index in [9.17, 15) is 8.42 Å². The maximum atomic E-state index is 12.7. The molecule has 0 radical (unpaired) electrons. The van der Waals surface area contributed by atoms with Crippen LogP contribution in [0.3, 0.4) is 0 Å². The first-order chi connectivity index (χ1) is 10.6. The van der Waals surface area contributed by atoms with Gasteiger partial charge in [0.25, 0.3) is 10.0 Å². The molecule has 0 spiro atoms. The second-order valence-electron chi connectivity index (χ2n) is 5.01. The van der Waals surface area contributed by atoms with Crippen molar-refractivity contribution >= 4 is 32.1 Å². The van der Waals surface area contributed by atoms with E-state index >= 15 is 0 Å². The minimum atomic E-state index is -3.66. The molecule has 7 heteroatoms. The highest BCUT2D eigenvalue weighted by Crippen LogP contribution is 2.25. The van der Waals surface area contributed by atoms with Crippen molar-refractivity contribution in [3.05, 3.63) is 54.6 Å². The van der Waals surface area contributed by atoms with E-state index in [1.165, 1.54) is 10.2 Å². The summed E-state index contributed by atoms with van der Waals surface area (Å²) in [5, 5.41) is 0.734. The number of fused-ring (bicyclic) bond motifs is 3. The van der Waals surface area contributed by atoms with Crippen LogP contribution in [-0.2, 0) is 10.0 Å². The Hall–Kier alpha value is -2.67. The van der Waals surface area contributed by atoms with Gasteiger partial charge in [0.05, 0.1) is 16.6 Å². The van der Waals surface area contributed by atoms with Gasteiger partial charge in [0.2, 0.25) is 0 Å². The van der Waals surface area contributed by atoms with E-state index in [0.29, 0.717) is 5.65 Å². The Kier molecular flexibility index (Phi) is 2.61. The van der Waals surface area contributed by atoms with Gasteiger partial charge in [-0.25, -0.2) is 22.4 Å². The molecule has 3 aromatic heterocycles. The van der Waals surface area contributed by atoms with Crippen LogP contribution in [0.5, 0.6) is 0 Å². The zero-order chi connectivity index (χ0) is 15.3. The molecule has 1 aromatic carbocycles. The van der Waals surface area contributed by atoms with Crippen LogP contribution in [0.15, 0.2) is 53.7 Å². The molecule has 6 nitrogen and oxygen atoms in total. The highest BCUT2D eigenvalue weighted by Gasteiger charge is 2.20. The number of nitrogens with zero attached hydrogens (tertiary/aromatic N) is 3. The van der Waals surface area contributed by atoms with Gasteiger partial charge in [-0.1, -0.05) is 18.2 Å². The minimum absolute atomic E-state index is 0.232. The summed E-state index contributed by atoms with van der Waals surface area (Å²) in [5.74, 6) is 0.767. The van der Waals surface area contributed by atoms with Crippen LogP contribution in [0.1, 0.15) is 5.82 Å². The number of aromatic amines is 1. The van der Waals surface area contributed by atoms with Crippen molar-refractivity contribution < 1.29 is 8.42 Å². The van der Waals surface area contributed by atoms with Gasteiger partial charge in [0, 0.05) is 11.6 Å². The Morgan fingerprint density at radius 1 is 1.14 bits per heavy atom. The van der Waals surface area contributed by atoms with Crippen LogP contribution in [0.25, 0.3) is 22.1 Å². The van der Waals surface area contributed by atoms with Gasteiger partial charge >= 0.3 is 0 Å². The second-order valence-corrected chi connectivity index (χ2v) is 6.82. The van der Waals surface area contributed by atoms with Crippen molar-refractivity contribution in [2.24, 2.45) is 0 Å². The number of H-pyrrole nitrogens is 1. The highest BCUT2D eigenvalue weighted by molar-refractivity contribution is 7.90. The predicted molar refractivity (Wildman–Crippen MR) is 83.1 cm³/mol. The van der Waals surface area contributed by atoms with E-state index < -0.39 is 10.0 Å². The number of benzene rings is 1. The molecule has 0 saturated heterocycles. The number of rotatable bonds is 2. The summed E-state index contributed by atoms with van der Waals surface area (Å²) in [6.07, 6.45) is 3.10. The van der Waals surface area contributed by atoms with Crippen LogP contribution in [0.2, 0.25) is 0 Å². The van der Waals surface area contributed by atoms with Gasteiger partial charge in [-0.15, -0.1) is 0 Å². The molecule has 0 fully saturated rings. The van der Waals surface area contributed by atoms with Gasteiger partial charge in [-0.3, -0.25) is 0 Å². The maximum Gasteiger partial charge on any atom is 0.269 e. The maximum absolute atomic E-state index is 12.7. The molecule has 0 aliphatic rings. The van der Waals surface area contributed by atoms with Crippen molar-refractivity contribution in [3.8, 4) is 0 Å². The molecular weight excluding hydrogens is 300 g/mol. The van der Waals surface area contributed by atoms with Crippen molar-refractivity contribution in [1.29, 1.82) is 0 Å². The third kappa shape index (κ3) is 1.75. The van der Waals surface area contributed by atoms with Gasteiger partial charge < -0.3 is 4.98 Å². The molecule has 4 aromatic rings. The number of aryl methyl sites for hydroxylation is 1. The third-order valence-corrected chi connectivity index (χ3v) is 5.24. The van der Waals surface area contributed by atoms with Crippen molar-refractivity contribution in [2.45, 2.75) is 11.8 Å². The predicted octanol–water partition coefficient (Wildman–Crippen LogP) is 2.46. The quantitative estimate of drug-likeness (QED) is 0.616. The van der Waals surface area contributed by atoms with Gasteiger partial charge in [0.15, 0.2) is 5.65 Å². The largest absolute Gasteiger partial charge is 0.342 e. The van der Waals surface area contributed by atoms with Gasteiger partial charge in [-0.2, -0.15) is 0 Å². The normalized spacial score (nSPS) is 12.2. The van der Waals surface area contributed by atoms with Crippen LogP contribution in [0.4, 0.5) is 0 Å². The fourth-order valence-corrected chi connectivity index (χ4v) is 3.88. The zero-order valence-electron chi connectivity index (χ0n) is 11.7. The first kappa shape index (κ1) is 13.0. The Labute approximate surface area is 126 Å². The second kappa shape index (κ2) is 4.41. The molecule has 4 rings (SSSR count). The first-order valence-corrected chi connectivity index (χ1v) is 8.14. The number of aromatic nitrogens is 4. The minimum Gasteiger partial charge on any atom is -0.342 e. The smallest absolute Gasteiger partial charge is 0.269 e. The van der Waals surface area contributed by atoms with Crippen molar-refractivity contribution in [1.82, 2.24) is 18.9 Å². The molecule has 22 heavy (non-hydrogen) atoms. The lowest BCUT2D eigenvalue weighted by Crippen LogP contribution is -2.12. The lowest BCUT2D eigenvalue weighted by molar-refractivity contribution is 0.589. The van der Waals surface area contributed by atoms with E-state index in [1.807, 2.05) is 6.92 Å². The van der Waals surface area contributed by atoms with E-state index in [2.05, 4.69) is 15.0 Å². The third-order valence-electron chi connectivity index (χ3n) is 3.55. The van der Waals surface area contributed by atoms with Crippen LogP contribution < -0.4 is 0 Å². The number of nitrogens with one attached hydrogen (secondary N) is 1. The highest BCUT2D eigenvalue weighted by atomic mass is 32.2. The van der Waals surface area contributed by atoms with E-state index in [-0.39, 0.29) is 4.90 Å². The number of imidazole rings is 1. The van der Waals surface area contributed by atoms with Gasteiger partial charge in [-0.05, 0) is 25.1 Å². The van der Waals surface area contributed by atoms with Crippen molar-refractivity contribution in [2.75, 3.05) is 0 Å². The molecule has 0 atom stereocenters. The summed E-state index contributed by atoms with van der Waals surface area (Å²) in [7, 11) is -3.66. The molecule has 0 unspecified atom stereocenters. The average Bonchev–Trinajstić information content (AvgIpc) is 3.10. The lowest BCUT2D eigenvalue weighted by Gasteiger charge is -2.06. The van der Waals surface area contributed by atoms with E-state index in [0.717, 1.165) is 22.2 Å². The van der Waals surface area contributed by atoms with Crippen LogP contribution in [0, 0.1) is 6.92 Å². The Morgan fingerprint density at radius 2 is 1.91 bits per heavy atom. The first-order valence-electron chi connectivity index (χ1n) is 6.70. The summed E-state index contributed by atoms with van der Waals surface area (Å²) in [4.78, 5) is 12.0. The summed E-state index contributed by atoms with van der Waals surface area (Å²) in [6.45, 7) is 1.85. The Bertz CT molecular complexity index is 1090.